The number of sulfonamides is 1. The molecule has 1 aliphatic heterocycles. The van der Waals surface area contributed by atoms with E-state index < -0.39 is 10.0 Å². The Morgan fingerprint density at radius 3 is 2.72 bits per heavy atom. The molecular weight excluding hydrogens is 388 g/mol. The van der Waals surface area contributed by atoms with Crippen molar-refractivity contribution in [1.82, 2.24) is 5.32 Å². The Kier molecular flexibility index (Phi) is 6.47. The van der Waals surface area contributed by atoms with E-state index in [1.165, 1.54) is 4.31 Å². The van der Waals surface area contributed by atoms with Gasteiger partial charge in [0, 0.05) is 12.6 Å². The van der Waals surface area contributed by atoms with Crippen LogP contribution in [0.5, 0.6) is 5.75 Å². The number of rotatable bonds is 7. The van der Waals surface area contributed by atoms with Gasteiger partial charge in [0.05, 0.1) is 10.6 Å². The maximum atomic E-state index is 13.3. The molecular formula is C22H28N2O4S. The summed E-state index contributed by atoms with van der Waals surface area (Å²) in [6.07, 6.45) is 2.52. The smallest absolute Gasteiger partial charge is 0.264 e. The molecule has 156 valence electrons. The SMILES string of the molecule is CC[C@@H](C)NC(=O)COc1ccc(S(=O)(=O)N2CCCc3ccccc32)cc1C. The van der Waals surface area contributed by atoms with Crippen molar-refractivity contribution in [3.63, 3.8) is 0 Å². The number of para-hydroxylation sites is 1. The van der Waals surface area contributed by atoms with Gasteiger partial charge < -0.3 is 10.1 Å². The average molecular weight is 417 g/mol. The van der Waals surface area contributed by atoms with E-state index in [2.05, 4.69) is 5.32 Å². The van der Waals surface area contributed by atoms with Crippen molar-refractivity contribution >= 4 is 21.6 Å². The number of ether oxygens (including phenoxy) is 1. The van der Waals surface area contributed by atoms with E-state index >= 15 is 0 Å². The standard InChI is InChI=1S/C22H28N2O4S/c1-4-17(3)23-22(25)15-28-21-12-11-19(14-16(21)2)29(26,27)24-13-7-9-18-8-5-6-10-20(18)24/h5-6,8,10-12,14,17H,4,7,9,13,15H2,1-3H3,(H,23,25)/t17-/m1/s1. The van der Waals surface area contributed by atoms with Crippen molar-refractivity contribution in [3.8, 4) is 5.75 Å². The van der Waals surface area contributed by atoms with Gasteiger partial charge in [-0.05, 0) is 68.5 Å². The van der Waals surface area contributed by atoms with E-state index in [0.717, 1.165) is 30.5 Å². The summed E-state index contributed by atoms with van der Waals surface area (Å²) in [4.78, 5) is 12.1. The maximum Gasteiger partial charge on any atom is 0.264 e. The zero-order valence-electron chi connectivity index (χ0n) is 17.1. The average Bonchev–Trinajstić information content (AvgIpc) is 2.72. The van der Waals surface area contributed by atoms with Gasteiger partial charge in [0.1, 0.15) is 5.75 Å². The molecule has 0 unspecified atom stereocenters. The van der Waals surface area contributed by atoms with Crippen LogP contribution in [0.4, 0.5) is 5.69 Å². The molecule has 3 rings (SSSR count). The molecule has 2 aromatic carbocycles. The van der Waals surface area contributed by atoms with Gasteiger partial charge >= 0.3 is 0 Å². The van der Waals surface area contributed by atoms with Crippen LogP contribution in [-0.2, 0) is 21.2 Å². The van der Waals surface area contributed by atoms with Crippen molar-refractivity contribution in [1.29, 1.82) is 0 Å². The Morgan fingerprint density at radius 2 is 2.00 bits per heavy atom. The van der Waals surface area contributed by atoms with Crippen LogP contribution < -0.4 is 14.4 Å². The van der Waals surface area contributed by atoms with Crippen LogP contribution in [0.3, 0.4) is 0 Å². The summed E-state index contributed by atoms with van der Waals surface area (Å²) < 4.78 is 33.6. The molecule has 2 aromatic rings. The van der Waals surface area contributed by atoms with Crippen LogP contribution in [0.1, 0.15) is 37.8 Å². The van der Waals surface area contributed by atoms with E-state index in [1.807, 2.05) is 38.1 Å². The van der Waals surface area contributed by atoms with Crippen molar-refractivity contribution in [2.75, 3.05) is 17.5 Å². The van der Waals surface area contributed by atoms with Crippen molar-refractivity contribution in [2.45, 2.75) is 51.0 Å². The minimum atomic E-state index is -3.67. The highest BCUT2D eigenvalue weighted by atomic mass is 32.2. The van der Waals surface area contributed by atoms with E-state index in [4.69, 9.17) is 4.74 Å². The molecule has 0 spiro atoms. The Hall–Kier alpha value is -2.54. The van der Waals surface area contributed by atoms with Gasteiger partial charge in [-0.3, -0.25) is 9.10 Å². The molecule has 1 N–H and O–H groups in total. The molecule has 0 aliphatic carbocycles. The second-order valence-electron chi connectivity index (χ2n) is 7.40. The van der Waals surface area contributed by atoms with Gasteiger partial charge in [-0.2, -0.15) is 0 Å². The molecule has 0 fully saturated rings. The van der Waals surface area contributed by atoms with E-state index in [-0.39, 0.29) is 23.5 Å². The van der Waals surface area contributed by atoms with Crippen LogP contribution >= 0.6 is 0 Å². The first-order chi connectivity index (χ1) is 13.8. The minimum absolute atomic E-state index is 0.0899. The first-order valence-electron chi connectivity index (χ1n) is 9.96. The Labute approximate surface area is 172 Å². The lowest BCUT2D eigenvalue weighted by molar-refractivity contribution is -0.123. The third-order valence-corrected chi connectivity index (χ3v) is 6.99. The predicted molar refractivity (Wildman–Crippen MR) is 114 cm³/mol. The highest BCUT2D eigenvalue weighted by Crippen LogP contribution is 2.33. The van der Waals surface area contributed by atoms with Gasteiger partial charge in [0.25, 0.3) is 15.9 Å². The van der Waals surface area contributed by atoms with Crippen molar-refractivity contribution < 1.29 is 17.9 Å². The van der Waals surface area contributed by atoms with Crippen LogP contribution in [0.25, 0.3) is 0 Å². The number of fused-ring (bicyclic) bond motifs is 1. The van der Waals surface area contributed by atoms with E-state index in [0.29, 0.717) is 17.9 Å². The first-order valence-corrected chi connectivity index (χ1v) is 11.4. The lowest BCUT2D eigenvalue weighted by atomic mass is 10.0. The summed E-state index contributed by atoms with van der Waals surface area (Å²) in [5.41, 5.74) is 2.47. The third kappa shape index (κ3) is 4.72. The highest BCUT2D eigenvalue weighted by Gasteiger charge is 2.29. The summed E-state index contributed by atoms with van der Waals surface area (Å²) >= 11 is 0. The van der Waals surface area contributed by atoms with Crippen LogP contribution in [0.15, 0.2) is 47.4 Å². The Balaban J connectivity index is 1.77. The number of nitrogens with one attached hydrogen (secondary N) is 1. The van der Waals surface area contributed by atoms with Crippen LogP contribution in [-0.4, -0.2) is 33.5 Å². The summed E-state index contributed by atoms with van der Waals surface area (Å²) in [6.45, 7) is 6.08. The summed E-state index contributed by atoms with van der Waals surface area (Å²) in [7, 11) is -3.67. The van der Waals surface area contributed by atoms with E-state index in [9.17, 15) is 13.2 Å². The fourth-order valence-corrected chi connectivity index (χ4v) is 5.01. The van der Waals surface area contributed by atoms with Gasteiger partial charge in [-0.15, -0.1) is 0 Å². The number of benzene rings is 2. The molecule has 0 saturated carbocycles. The van der Waals surface area contributed by atoms with Gasteiger partial charge in [0.15, 0.2) is 6.61 Å². The highest BCUT2D eigenvalue weighted by molar-refractivity contribution is 7.92. The number of amides is 1. The lowest BCUT2D eigenvalue weighted by Crippen LogP contribution is -2.36. The number of hydrogen-bond acceptors (Lipinski definition) is 4. The number of aryl methyl sites for hydroxylation is 2. The normalized spacial score (nSPS) is 14.8. The third-order valence-electron chi connectivity index (χ3n) is 5.18. The molecule has 0 saturated heterocycles. The Morgan fingerprint density at radius 1 is 1.24 bits per heavy atom. The summed E-state index contributed by atoms with van der Waals surface area (Å²) in [6, 6.07) is 12.5. The quantitative estimate of drug-likeness (QED) is 0.750. The molecule has 1 heterocycles. The van der Waals surface area contributed by atoms with E-state index in [1.54, 1.807) is 25.1 Å². The predicted octanol–water partition coefficient (Wildman–Crippen LogP) is 3.43. The van der Waals surface area contributed by atoms with Gasteiger partial charge in [-0.25, -0.2) is 8.42 Å². The number of nitrogens with zero attached hydrogens (tertiary/aromatic N) is 1. The largest absolute Gasteiger partial charge is 0.484 e. The zero-order valence-corrected chi connectivity index (χ0v) is 18.0. The second kappa shape index (κ2) is 8.86. The second-order valence-corrected chi connectivity index (χ2v) is 9.26. The van der Waals surface area contributed by atoms with Gasteiger partial charge in [-0.1, -0.05) is 25.1 Å². The lowest BCUT2D eigenvalue weighted by Gasteiger charge is -2.30. The fourth-order valence-electron chi connectivity index (χ4n) is 3.38. The maximum absolute atomic E-state index is 13.3. The van der Waals surface area contributed by atoms with Crippen molar-refractivity contribution in [3.05, 3.63) is 53.6 Å². The summed E-state index contributed by atoms with van der Waals surface area (Å²) in [5, 5.41) is 2.84. The molecule has 1 atom stereocenters. The number of carbonyl (C=O) groups is 1. The monoisotopic (exact) mass is 416 g/mol. The first kappa shape index (κ1) is 21.2. The molecule has 0 aromatic heterocycles. The molecule has 6 nitrogen and oxygen atoms in total. The molecule has 0 bridgehead atoms. The molecule has 29 heavy (non-hydrogen) atoms. The number of anilines is 1. The summed E-state index contributed by atoms with van der Waals surface area (Å²) in [5.74, 6) is 0.308. The minimum Gasteiger partial charge on any atom is -0.484 e. The number of hydrogen-bond donors (Lipinski definition) is 1. The topological polar surface area (TPSA) is 75.7 Å². The van der Waals surface area contributed by atoms with Crippen LogP contribution in [0.2, 0.25) is 0 Å². The zero-order chi connectivity index (χ0) is 21.0. The molecule has 1 amide bonds. The molecule has 0 radical (unpaired) electrons. The van der Waals surface area contributed by atoms with Gasteiger partial charge in [0.2, 0.25) is 0 Å². The molecule has 1 aliphatic rings. The van der Waals surface area contributed by atoms with Crippen molar-refractivity contribution in [2.24, 2.45) is 0 Å². The fraction of sp³-hybridized carbons (Fsp3) is 0.409. The number of carbonyl (C=O) groups excluding carboxylic acids is 1. The van der Waals surface area contributed by atoms with Crippen LogP contribution in [0, 0.1) is 6.92 Å². The Bertz CT molecular complexity index is 988. The molecule has 7 heteroatoms.